The summed E-state index contributed by atoms with van der Waals surface area (Å²) in [6, 6.07) is 4.94. The highest BCUT2D eigenvalue weighted by molar-refractivity contribution is 5.92. The van der Waals surface area contributed by atoms with E-state index in [9.17, 15) is 4.79 Å². The Morgan fingerprint density at radius 2 is 2.33 bits per heavy atom. The molecule has 0 amide bonds. The Balaban J connectivity index is 3.22. The maximum Gasteiger partial charge on any atom is 0.339 e. The standard InChI is InChI=1S/C11H13NO3/c1-15-10-8(5-3-7-12)4-2-6-9(10)11(13)14/h2-6H,7,12H2,1H3,(H,13,14). The average Bonchev–Trinajstić information content (AvgIpc) is 2.25. The molecule has 15 heavy (non-hydrogen) atoms. The number of para-hydroxylation sites is 1. The molecule has 0 unspecified atom stereocenters. The second-order valence-corrected chi connectivity index (χ2v) is 2.87. The van der Waals surface area contributed by atoms with Crippen LogP contribution < -0.4 is 10.5 Å². The van der Waals surface area contributed by atoms with E-state index in [1.54, 1.807) is 24.3 Å². The molecule has 0 aliphatic rings. The van der Waals surface area contributed by atoms with E-state index in [0.29, 0.717) is 17.9 Å². The number of benzene rings is 1. The first kappa shape index (κ1) is 11.3. The monoisotopic (exact) mass is 207 g/mol. The first-order valence-electron chi connectivity index (χ1n) is 4.47. The fourth-order valence-corrected chi connectivity index (χ4v) is 1.28. The van der Waals surface area contributed by atoms with Crippen molar-refractivity contribution in [3.8, 4) is 5.75 Å². The smallest absolute Gasteiger partial charge is 0.339 e. The van der Waals surface area contributed by atoms with Crippen molar-refractivity contribution in [3.05, 3.63) is 35.4 Å². The Hall–Kier alpha value is -1.81. The first-order chi connectivity index (χ1) is 7.20. The van der Waals surface area contributed by atoms with E-state index in [4.69, 9.17) is 15.6 Å². The normalized spacial score (nSPS) is 10.5. The highest BCUT2D eigenvalue weighted by atomic mass is 16.5. The van der Waals surface area contributed by atoms with Crippen molar-refractivity contribution in [2.75, 3.05) is 13.7 Å². The van der Waals surface area contributed by atoms with Crippen molar-refractivity contribution < 1.29 is 14.6 Å². The summed E-state index contributed by atoms with van der Waals surface area (Å²) >= 11 is 0. The van der Waals surface area contributed by atoms with Crippen LogP contribution in [0.25, 0.3) is 6.08 Å². The van der Waals surface area contributed by atoms with Crippen LogP contribution in [0.3, 0.4) is 0 Å². The van der Waals surface area contributed by atoms with Crippen molar-refractivity contribution in [1.29, 1.82) is 0 Å². The van der Waals surface area contributed by atoms with E-state index < -0.39 is 5.97 Å². The average molecular weight is 207 g/mol. The van der Waals surface area contributed by atoms with Gasteiger partial charge in [0, 0.05) is 12.1 Å². The molecule has 0 bridgehead atoms. The van der Waals surface area contributed by atoms with Crippen LogP contribution in [-0.2, 0) is 0 Å². The number of rotatable bonds is 4. The zero-order valence-corrected chi connectivity index (χ0v) is 8.43. The molecule has 4 heteroatoms. The lowest BCUT2D eigenvalue weighted by atomic mass is 10.1. The highest BCUT2D eigenvalue weighted by Crippen LogP contribution is 2.24. The molecule has 1 aromatic carbocycles. The van der Waals surface area contributed by atoms with E-state index in [0.717, 1.165) is 0 Å². The van der Waals surface area contributed by atoms with E-state index in [1.807, 2.05) is 0 Å². The van der Waals surface area contributed by atoms with Gasteiger partial charge in [0.1, 0.15) is 11.3 Å². The molecule has 0 radical (unpaired) electrons. The van der Waals surface area contributed by atoms with Gasteiger partial charge in [-0.1, -0.05) is 24.3 Å². The highest BCUT2D eigenvalue weighted by Gasteiger charge is 2.12. The summed E-state index contributed by atoms with van der Waals surface area (Å²) in [5.74, 6) is -0.649. The van der Waals surface area contributed by atoms with E-state index in [1.165, 1.54) is 13.2 Å². The molecule has 3 N–H and O–H groups in total. The van der Waals surface area contributed by atoms with E-state index in [2.05, 4.69) is 0 Å². The largest absolute Gasteiger partial charge is 0.495 e. The summed E-state index contributed by atoms with van der Waals surface area (Å²) in [6.45, 7) is 0.403. The van der Waals surface area contributed by atoms with Crippen molar-refractivity contribution in [3.63, 3.8) is 0 Å². The lowest BCUT2D eigenvalue weighted by Crippen LogP contribution is -2.01. The van der Waals surface area contributed by atoms with Gasteiger partial charge >= 0.3 is 5.97 Å². The van der Waals surface area contributed by atoms with Gasteiger partial charge in [0.05, 0.1) is 7.11 Å². The van der Waals surface area contributed by atoms with Gasteiger partial charge in [-0.15, -0.1) is 0 Å². The van der Waals surface area contributed by atoms with Crippen LogP contribution in [0, 0.1) is 0 Å². The molecule has 0 saturated carbocycles. The second kappa shape index (κ2) is 5.17. The van der Waals surface area contributed by atoms with E-state index in [-0.39, 0.29) is 5.56 Å². The number of hydrogen-bond acceptors (Lipinski definition) is 3. The van der Waals surface area contributed by atoms with E-state index >= 15 is 0 Å². The summed E-state index contributed by atoms with van der Waals surface area (Å²) < 4.78 is 5.06. The molecule has 0 fully saturated rings. The van der Waals surface area contributed by atoms with Gasteiger partial charge in [0.15, 0.2) is 0 Å². The Kier molecular flexibility index (Phi) is 3.88. The minimum atomic E-state index is -1.00. The van der Waals surface area contributed by atoms with Crippen LogP contribution in [0.4, 0.5) is 0 Å². The minimum absolute atomic E-state index is 0.150. The number of aromatic carboxylic acids is 1. The number of carboxylic acids is 1. The molecular weight excluding hydrogens is 194 g/mol. The third-order valence-electron chi connectivity index (χ3n) is 1.91. The number of carbonyl (C=O) groups is 1. The van der Waals surface area contributed by atoms with Gasteiger partial charge in [0.25, 0.3) is 0 Å². The third kappa shape index (κ3) is 2.57. The lowest BCUT2D eigenvalue weighted by molar-refractivity contribution is 0.0693. The fraction of sp³-hybridized carbons (Fsp3) is 0.182. The predicted octanol–water partition coefficient (Wildman–Crippen LogP) is 1.37. The van der Waals surface area contributed by atoms with Crippen LogP contribution in [0.15, 0.2) is 24.3 Å². The summed E-state index contributed by atoms with van der Waals surface area (Å²) in [5, 5.41) is 8.92. The maximum absolute atomic E-state index is 10.9. The second-order valence-electron chi connectivity index (χ2n) is 2.87. The summed E-state index contributed by atoms with van der Waals surface area (Å²) in [7, 11) is 1.45. The zero-order chi connectivity index (χ0) is 11.3. The molecule has 0 atom stereocenters. The Bertz CT molecular complexity index is 385. The molecule has 0 aliphatic heterocycles. The summed E-state index contributed by atoms with van der Waals surface area (Å²) in [5.41, 5.74) is 6.18. The van der Waals surface area contributed by atoms with Gasteiger partial charge in [-0.25, -0.2) is 4.79 Å². The number of nitrogens with two attached hydrogens (primary N) is 1. The van der Waals surface area contributed by atoms with Crippen LogP contribution >= 0.6 is 0 Å². The molecular formula is C11H13NO3. The molecule has 4 nitrogen and oxygen atoms in total. The molecule has 1 aromatic rings. The molecule has 80 valence electrons. The van der Waals surface area contributed by atoms with Crippen molar-refractivity contribution in [2.45, 2.75) is 0 Å². The Morgan fingerprint density at radius 3 is 2.87 bits per heavy atom. The zero-order valence-electron chi connectivity index (χ0n) is 8.43. The molecule has 0 heterocycles. The topological polar surface area (TPSA) is 72.5 Å². The Labute approximate surface area is 88.0 Å². The van der Waals surface area contributed by atoms with Crippen molar-refractivity contribution in [2.24, 2.45) is 5.73 Å². The van der Waals surface area contributed by atoms with Crippen LogP contribution in [-0.4, -0.2) is 24.7 Å². The SMILES string of the molecule is COc1c(C=CCN)cccc1C(=O)O. The van der Waals surface area contributed by atoms with Crippen LogP contribution in [0.1, 0.15) is 15.9 Å². The molecule has 1 rings (SSSR count). The van der Waals surface area contributed by atoms with Crippen molar-refractivity contribution in [1.82, 2.24) is 0 Å². The maximum atomic E-state index is 10.9. The number of carboxylic acid groups (broad SMARTS) is 1. The third-order valence-corrected chi connectivity index (χ3v) is 1.91. The lowest BCUT2D eigenvalue weighted by Gasteiger charge is -2.07. The summed E-state index contributed by atoms with van der Waals surface area (Å²) in [4.78, 5) is 10.9. The molecule has 0 aliphatic carbocycles. The van der Waals surface area contributed by atoms with Gasteiger partial charge in [0.2, 0.25) is 0 Å². The minimum Gasteiger partial charge on any atom is -0.495 e. The number of methoxy groups -OCH3 is 1. The molecule has 0 saturated heterocycles. The Morgan fingerprint density at radius 1 is 1.60 bits per heavy atom. The van der Waals surface area contributed by atoms with Gasteiger partial charge in [-0.2, -0.15) is 0 Å². The quantitative estimate of drug-likeness (QED) is 0.782. The molecule has 0 aromatic heterocycles. The predicted molar refractivity (Wildman–Crippen MR) is 58.0 cm³/mol. The summed E-state index contributed by atoms with van der Waals surface area (Å²) in [6.07, 6.45) is 3.48. The van der Waals surface area contributed by atoms with Gasteiger partial charge in [-0.3, -0.25) is 0 Å². The first-order valence-corrected chi connectivity index (χ1v) is 4.47. The van der Waals surface area contributed by atoms with Crippen molar-refractivity contribution >= 4 is 12.0 Å². The van der Waals surface area contributed by atoms with Crippen LogP contribution in [0.5, 0.6) is 5.75 Å². The van der Waals surface area contributed by atoms with Gasteiger partial charge < -0.3 is 15.6 Å². The number of hydrogen-bond donors (Lipinski definition) is 2. The fourth-order valence-electron chi connectivity index (χ4n) is 1.28. The van der Waals surface area contributed by atoms with Crippen LogP contribution in [0.2, 0.25) is 0 Å². The molecule has 0 spiro atoms. The van der Waals surface area contributed by atoms with Gasteiger partial charge in [-0.05, 0) is 6.07 Å². The number of ether oxygens (including phenoxy) is 1.